The van der Waals surface area contributed by atoms with Crippen LogP contribution in [0.1, 0.15) is 36.3 Å². The molecular weight excluding hydrogens is 400 g/mol. The maximum Gasteiger partial charge on any atom is 0.263 e. The predicted octanol–water partition coefficient (Wildman–Crippen LogP) is 5.46. The number of aryl methyl sites for hydroxylation is 1. The molecule has 1 aliphatic carbocycles. The van der Waals surface area contributed by atoms with Gasteiger partial charge in [-0.1, -0.05) is 43.0 Å². The first-order valence-corrected chi connectivity index (χ1v) is 11.7. The van der Waals surface area contributed by atoms with Crippen molar-refractivity contribution < 1.29 is 4.74 Å². The van der Waals surface area contributed by atoms with Gasteiger partial charge in [0.15, 0.2) is 5.16 Å². The number of rotatable bonds is 6. The van der Waals surface area contributed by atoms with Gasteiger partial charge in [-0.3, -0.25) is 9.36 Å². The molecule has 0 aliphatic heterocycles. The zero-order valence-corrected chi connectivity index (χ0v) is 18.8. The van der Waals surface area contributed by atoms with Crippen LogP contribution in [0, 0.1) is 5.92 Å². The second-order valence-electron chi connectivity index (χ2n) is 7.91. The Morgan fingerprint density at radius 2 is 2.14 bits per heavy atom. The Kier molecular flexibility index (Phi) is 5.83. The van der Waals surface area contributed by atoms with E-state index in [1.807, 2.05) is 23.6 Å². The number of nitrogens with zero attached hydrogens (tertiary/aromatic N) is 2. The highest BCUT2D eigenvalue weighted by molar-refractivity contribution is 7.98. The summed E-state index contributed by atoms with van der Waals surface area (Å²) in [5.74, 6) is 2.27. The Labute approximate surface area is 179 Å². The lowest BCUT2D eigenvalue weighted by Crippen LogP contribution is -2.24. The number of hydrogen-bond acceptors (Lipinski definition) is 5. The lowest BCUT2D eigenvalue weighted by atomic mass is 9.89. The van der Waals surface area contributed by atoms with E-state index in [1.165, 1.54) is 16.0 Å². The molecule has 1 aromatic carbocycles. The van der Waals surface area contributed by atoms with Crippen molar-refractivity contribution in [3.05, 3.63) is 62.8 Å². The first-order valence-electron chi connectivity index (χ1n) is 9.91. The van der Waals surface area contributed by atoms with Crippen molar-refractivity contribution >= 4 is 33.3 Å². The van der Waals surface area contributed by atoms with Crippen LogP contribution < -0.4 is 10.3 Å². The fourth-order valence-corrected chi connectivity index (χ4v) is 6.17. The molecule has 0 spiro atoms. The summed E-state index contributed by atoms with van der Waals surface area (Å²) in [6.45, 7) is 8.78. The lowest BCUT2D eigenvalue weighted by Gasteiger charge is -2.17. The molecule has 2 heterocycles. The number of thiophene rings is 1. The Morgan fingerprint density at radius 1 is 1.38 bits per heavy atom. The van der Waals surface area contributed by atoms with Crippen molar-refractivity contribution in [2.24, 2.45) is 5.92 Å². The number of ether oxygens (including phenoxy) is 1. The van der Waals surface area contributed by atoms with E-state index in [1.54, 1.807) is 30.2 Å². The highest BCUT2D eigenvalue weighted by Gasteiger charge is 2.24. The quantitative estimate of drug-likeness (QED) is 0.298. The number of thioether (sulfide) groups is 1. The van der Waals surface area contributed by atoms with Crippen molar-refractivity contribution in [3.63, 3.8) is 0 Å². The third-order valence-corrected chi connectivity index (χ3v) is 7.53. The fraction of sp³-hybridized carbons (Fsp3) is 0.391. The van der Waals surface area contributed by atoms with Crippen LogP contribution in [-0.2, 0) is 25.1 Å². The van der Waals surface area contributed by atoms with Gasteiger partial charge < -0.3 is 4.74 Å². The van der Waals surface area contributed by atoms with Crippen molar-refractivity contribution in [3.8, 4) is 5.75 Å². The summed E-state index contributed by atoms with van der Waals surface area (Å²) < 4.78 is 7.04. The molecule has 0 saturated heterocycles. The first-order chi connectivity index (χ1) is 14.0. The van der Waals surface area contributed by atoms with Gasteiger partial charge in [-0.25, -0.2) is 4.98 Å². The van der Waals surface area contributed by atoms with E-state index in [4.69, 9.17) is 9.72 Å². The van der Waals surface area contributed by atoms with Crippen molar-refractivity contribution in [2.75, 3.05) is 7.11 Å². The summed E-state index contributed by atoms with van der Waals surface area (Å²) in [5.41, 5.74) is 3.45. The third kappa shape index (κ3) is 4.14. The van der Waals surface area contributed by atoms with Gasteiger partial charge in [-0.15, -0.1) is 11.3 Å². The lowest BCUT2D eigenvalue weighted by molar-refractivity contribution is 0.414. The third-order valence-electron chi connectivity index (χ3n) is 5.34. The van der Waals surface area contributed by atoms with E-state index < -0.39 is 0 Å². The smallest absolute Gasteiger partial charge is 0.263 e. The Balaban J connectivity index is 1.73. The summed E-state index contributed by atoms with van der Waals surface area (Å²) in [4.78, 5) is 20.6. The Morgan fingerprint density at radius 3 is 2.83 bits per heavy atom. The highest BCUT2D eigenvalue weighted by Crippen LogP contribution is 2.37. The summed E-state index contributed by atoms with van der Waals surface area (Å²) in [5, 5.41) is 1.61. The van der Waals surface area contributed by atoms with Gasteiger partial charge in [0.1, 0.15) is 10.6 Å². The molecule has 3 aromatic rings. The van der Waals surface area contributed by atoms with Crippen molar-refractivity contribution in [1.29, 1.82) is 0 Å². The predicted molar refractivity (Wildman–Crippen MR) is 122 cm³/mol. The summed E-state index contributed by atoms with van der Waals surface area (Å²) in [7, 11) is 1.67. The molecule has 0 N–H and O–H groups in total. The minimum atomic E-state index is 0.0854. The van der Waals surface area contributed by atoms with E-state index in [0.717, 1.165) is 51.7 Å². The van der Waals surface area contributed by atoms with Gasteiger partial charge in [0.05, 0.1) is 12.5 Å². The summed E-state index contributed by atoms with van der Waals surface area (Å²) in [6, 6.07) is 8.03. The SMILES string of the molecule is C=C(C)Cn1c(SCc2ccc(OC)cc2)nc2sc3c(c2c1=O)CC[C@H](C)C3. The van der Waals surface area contributed by atoms with Crippen LogP contribution >= 0.6 is 23.1 Å². The average molecular weight is 427 g/mol. The van der Waals surface area contributed by atoms with E-state index >= 15 is 0 Å². The largest absolute Gasteiger partial charge is 0.497 e. The van der Waals surface area contributed by atoms with Gasteiger partial charge >= 0.3 is 0 Å². The van der Waals surface area contributed by atoms with E-state index in [2.05, 4.69) is 25.6 Å². The summed E-state index contributed by atoms with van der Waals surface area (Å²) >= 11 is 3.32. The number of methoxy groups -OCH3 is 1. The number of fused-ring (bicyclic) bond motifs is 3. The molecule has 0 saturated carbocycles. The molecular formula is C23H26N2O2S2. The Bertz CT molecular complexity index is 1110. The van der Waals surface area contributed by atoms with Crippen LogP contribution in [0.2, 0.25) is 0 Å². The molecule has 0 amide bonds. The van der Waals surface area contributed by atoms with E-state index in [-0.39, 0.29) is 5.56 Å². The molecule has 1 atom stereocenters. The number of allylic oxidation sites excluding steroid dienone is 1. The fourth-order valence-electron chi connectivity index (χ4n) is 3.79. The van der Waals surface area contributed by atoms with E-state index in [9.17, 15) is 4.79 Å². The van der Waals surface area contributed by atoms with Gasteiger partial charge in [0.25, 0.3) is 5.56 Å². The van der Waals surface area contributed by atoms with Gasteiger partial charge in [0, 0.05) is 17.2 Å². The van der Waals surface area contributed by atoms with Gasteiger partial charge in [-0.2, -0.15) is 0 Å². The van der Waals surface area contributed by atoms with Crippen LogP contribution in [0.3, 0.4) is 0 Å². The van der Waals surface area contributed by atoms with Crippen molar-refractivity contribution in [1.82, 2.24) is 9.55 Å². The van der Waals surface area contributed by atoms with Crippen LogP contribution in [0.25, 0.3) is 10.2 Å². The molecule has 0 bridgehead atoms. The van der Waals surface area contributed by atoms with Crippen LogP contribution in [-0.4, -0.2) is 16.7 Å². The van der Waals surface area contributed by atoms with Crippen LogP contribution in [0.5, 0.6) is 5.75 Å². The normalized spacial score (nSPS) is 16.0. The minimum absolute atomic E-state index is 0.0854. The van der Waals surface area contributed by atoms with Crippen molar-refractivity contribution in [2.45, 2.75) is 50.6 Å². The number of hydrogen-bond donors (Lipinski definition) is 0. The van der Waals surface area contributed by atoms with Gasteiger partial charge in [-0.05, 0) is 55.4 Å². The van der Waals surface area contributed by atoms with Crippen LogP contribution in [0.4, 0.5) is 0 Å². The zero-order valence-electron chi connectivity index (χ0n) is 17.2. The second kappa shape index (κ2) is 8.36. The molecule has 6 heteroatoms. The van der Waals surface area contributed by atoms with Gasteiger partial charge in [0.2, 0.25) is 0 Å². The molecule has 0 radical (unpaired) electrons. The molecule has 4 nitrogen and oxygen atoms in total. The molecule has 0 fully saturated rings. The highest BCUT2D eigenvalue weighted by atomic mass is 32.2. The minimum Gasteiger partial charge on any atom is -0.497 e. The maximum atomic E-state index is 13.5. The zero-order chi connectivity index (χ0) is 20.5. The first kappa shape index (κ1) is 20.2. The molecule has 29 heavy (non-hydrogen) atoms. The number of benzene rings is 1. The maximum absolute atomic E-state index is 13.5. The topological polar surface area (TPSA) is 44.1 Å². The second-order valence-corrected chi connectivity index (χ2v) is 9.94. The molecule has 1 aliphatic rings. The molecule has 4 rings (SSSR count). The standard InChI is InChI=1S/C23H26N2O2S2/c1-14(2)12-25-22(26)20-18-10-5-15(3)11-19(18)29-21(20)24-23(25)28-13-16-6-8-17(27-4)9-7-16/h6-9,15H,1,5,10-13H2,2-4H3/t15-/m0/s1. The monoisotopic (exact) mass is 426 g/mol. The molecule has 0 unspecified atom stereocenters. The number of aromatic nitrogens is 2. The molecule has 152 valence electrons. The molecule has 2 aromatic heterocycles. The average Bonchev–Trinajstić information content (AvgIpc) is 3.06. The van der Waals surface area contributed by atoms with E-state index in [0.29, 0.717) is 12.5 Å². The Hall–Kier alpha value is -2.05. The van der Waals surface area contributed by atoms with Crippen LogP contribution in [0.15, 0.2) is 46.4 Å². The summed E-state index contributed by atoms with van der Waals surface area (Å²) in [6.07, 6.45) is 3.19.